The molecule has 0 aliphatic heterocycles. The molecule has 0 bridgehead atoms. The summed E-state index contributed by atoms with van der Waals surface area (Å²) >= 11 is 0. The Hall–Kier alpha value is -2.22. The van der Waals surface area contributed by atoms with Gasteiger partial charge in [-0.15, -0.1) is 0 Å². The minimum Gasteiger partial charge on any atom is -0.390 e. The van der Waals surface area contributed by atoms with E-state index >= 15 is 0 Å². The molecule has 8 nitrogen and oxygen atoms in total. The summed E-state index contributed by atoms with van der Waals surface area (Å²) in [4.78, 5) is 24.9. The Bertz CT molecular complexity index is 857. The zero-order valence-electron chi connectivity index (χ0n) is 15.1. The average Bonchev–Trinajstić information content (AvgIpc) is 2.92. The van der Waals surface area contributed by atoms with Crippen LogP contribution in [-0.4, -0.2) is 42.1 Å². The number of carbonyl (C=O) groups is 1. The summed E-state index contributed by atoms with van der Waals surface area (Å²) in [7, 11) is 0. The summed E-state index contributed by atoms with van der Waals surface area (Å²) in [5.41, 5.74) is 0.229. The summed E-state index contributed by atoms with van der Waals surface area (Å²) < 4.78 is 2.79. The van der Waals surface area contributed by atoms with E-state index in [0.29, 0.717) is 24.2 Å². The van der Waals surface area contributed by atoms with Crippen molar-refractivity contribution in [3.8, 4) is 0 Å². The fraction of sp³-hybridized carbons (Fsp3) is 0.647. The minimum atomic E-state index is -0.703. The fourth-order valence-electron chi connectivity index (χ4n) is 3.25. The molecule has 0 aromatic carbocycles. The van der Waals surface area contributed by atoms with Crippen molar-refractivity contribution in [3.63, 3.8) is 0 Å². The molecule has 0 unspecified atom stereocenters. The summed E-state index contributed by atoms with van der Waals surface area (Å²) in [5.74, 6) is 0.432. The third-order valence-electron chi connectivity index (χ3n) is 4.56. The number of aliphatic hydroxyl groups is 1. The Morgan fingerprint density at radius 1 is 1.44 bits per heavy atom. The number of carbonyl (C=O) groups excluding carboxylic acids is 1. The van der Waals surface area contributed by atoms with Gasteiger partial charge in [0.05, 0.1) is 11.3 Å². The highest BCUT2D eigenvalue weighted by molar-refractivity contribution is 5.76. The second-order valence-electron chi connectivity index (χ2n) is 7.43. The van der Waals surface area contributed by atoms with E-state index in [1.54, 1.807) is 17.5 Å². The van der Waals surface area contributed by atoms with Gasteiger partial charge >= 0.3 is 0 Å². The van der Waals surface area contributed by atoms with Crippen LogP contribution in [0.3, 0.4) is 0 Å². The summed E-state index contributed by atoms with van der Waals surface area (Å²) in [6.45, 7) is 7.53. The predicted octanol–water partition coefficient (Wildman–Crippen LogP) is 0.606. The van der Waals surface area contributed by atoms with Crippen LogP contribution in [0.2, 0.25) is 0 Å². The number of aryl methyl sites for hydroxylation is 1. The molecule has 2 N–H and O–H groups in total. The number of fused-ring (bicyclic) bond motifs is 1. The van der Waals surface area contributed by atoms with Crippen molar-refractivity contribution < 1.29 is 9.90 Å². The van der Waals surface area contributed by atoms with Gasteiger partial charge < -0.3 is 10.4 Å². The molecule has 0 radical (unpaired) electrons. The van der Waals surface area contributed by atoms with Gasteiger partial charge in [-0.2, -0.15) is 10.2 Å². The average molecular weight is 347 g/mol. The summed E-state index contributed by atoms with van der Waals surface area (Å²) in [5, 5.41) is 21.4. The maximum Gasteiger partial charge on any atom is 0.293 e. The van der Waals surface area contributed by atoms with Gasteiger partial charge in [-0.1, -0.05) is 20.8 Å². The molecular weight excluding hydrogens is 322 g/mol. The van der Waals surface area contributed by atoms with Gasteiger partial charge in [0.1, 0.15) is 12.1 Å². The Morgan fingerprint density at radius 3 is 2.68 bits per heavy atom. The molecule has 2 aromatic heterocycles. The molecule has 0 spiro atoms. The lowest BCUT2D eigenvalue weighted by Gasteiger charge is -2.41. The Kier molecular flexibility index (Phi) is 4.40. The standard InChI is InChI=1S/C17H25N5O3/c1-5-11-6-13-16(24)21(20-15(10(2)3)22(13)19-11)9-14(23)18-12-7-17(4,25)8-12/h6,10,12,25H,5,7-9H2,1-4H3,(H,18,23)/t12-,17+. The lowest BCUT2D eigenvalue weighted by Crippen LogP contribution is -2.54. The first-order chi connectivity index (χ1) is 11.7. The highest BCUT2D eigenvalue weighted by atomic mass is 16.3. The number of nitrogens with zero attached hydrogens (tertiary/aromatic N) is 4. The van der Waals surface area contributed by atoms with E-state index < -0.39 is 5.60 Å². The van der Waals surface area contributed by atoms with E-state index in [0.717, 1.165) is 12.1 Å². The third-order valence-corrected chi connectivity index (χ3v) is 4.56. The first-order valence-corrected chi connectivity index (χ1v) is 8.71. The first kappa shape index (κ1) is 17.6. The number of amides is 1. The van der Waals surface area contributed by atoms with Crippen LogP contribution in [0.1, 0.15) is 58.0 Å². The van der Waals surface area contributed by atoms with Crippen LogP contribution in [0.4, 0.5) is 0 Å². The van der Waals surface area contributed by atoms with Crippen molar-refractivity contribution in [2.24, 2.45) is 0 Å². The van der Waals surface area contributed by atoms with E-state index in [9.17, 15) is 14.7 Å². The number of aromatic nitrogens is 4. The van der Waals surface area contributed by atoms with Crippen molar-refractivity contribution in [2.45, 2.75) is 71.1 Å². The van der Waals surface area contributed by atoms with Gasteiger partial charge in [0.25, 0.3) is 5.56 Å². The largest absolute Gasteiger partial charge is 0.390 e. The third kappa shape index (κ3) is 3.44. The molecule has 2 aromatic rings. The molecule has 3 rings (SSSR count). The summed E-state index contributed by atoms with van der Waals surface area (Å²) in [6, 6.07) is 1.71. The van der Waals surface area contributed by atoms with Crippen LogP contribution in [0.15, 0.2) is 10.9 Å². The number of rotatable bonds is 5. The zero-order chi connectivity index (χ0) is 18.4. The fourth-order valence-corrected chi connectivity index (χ4v) is 3.25. The van der Waals surface area contributed by atoms with E-state index in [4.69, 9.17) is 0 Å². The highest BCUT2D eigenvalue weighted by Crippen LogP contribution is 2.31. The van der Waals surface area contributed by atoms with Gasteiger partial charge in [0.2, 0.25) is 5.91 Å². The van der Waals surface area contributed by atoms with Crippen LogP contribution < -0.4 is 10.9 Å². The number of hydrogen-bond donors (Lipinski definition) is 2. The monoisotopic (exact) mass is 347 g/mol. The normalized spacial score (nSPS) is 23.0. The maximum atomic E-state index is 12.7. The second-order valence-corrected chi connectivity index (χ2v) is 7.43. The molecule has 1 saturated carbocycles. The molecule has 0 atom stereocenters. The Labute approximate surface area is 145 Å². The SMILES string of the molecule is CCc1cc2c(=O)n(CC(=O)N[C@H]3C[C@@](C)(O)C3)nc(C(C)C)n2n1. The maximum absolute atomic E-state index is 12.7. The van der Waals surface area contributed by atoms with E-state index in [-0.39, 0.29) is 30.0 Å². The molecular formula is C17H25N5O3. The molecule has 1 fully saturated rings. The van der Waals surface area contributed by atoms with Crippen LogP contribution in [0, 0.1) is 0 Å². The number of hydrogen-bond acceptors (Lipinski definition) is 5. The molecule has 1 amide bonds. The molecule has 2 heterocycles. The van der Waals surface area contributed by atoms with Crippen LogP contribution >= 0.6 is 0 Å². The smallest absolute Gasteiger partial charge is 0.293 e. The van der Waals surface area contributed by atoms with Crippen LogP contribution in [0.25, 0.3) is 5.52 Å². The molecule has 1 aliphatic rings. The van der Waals surface area contributed by atoms with Gasteiger partial charge in [-0.3, -0.25) is 9.59 Å². The van der Waals surface area contributed by atoms with Crippen molar-refractivity contribution in [3.05, 3.63) is 27.9 Å². The van der Waals surface area contributed by atoms with E-state index in [2.05, 4.69) is 15.5 Å². The van der Waals surface area contributed by atoms with Gasteiger partial charge in [0, 0.05) is 12.0 Å². The van der Waals surface area contributed by atoms with Crippen molar-refractivity contribution in [2.75, 3.05) is 0 Å². The van der Waals surface area contributed by atoms with Crippen molar-refractivity contribution in [1.29, 1.82) is 0 Å². The topological polar surface area (TPSA) is 102 Å². The summed E-state index contributed by atoms with van der Waals surface area (Å²) in [6.07, 6.45) is 1.78. The molecule has 136 valence electrons. The molecule has 25 heavy (non-hydrogen) atoms. The Balaban J connectivity index is 1.87. The molecule has 8 heteroatoms. The minimum absolute atomic E-state index is 0.0480. The lowest BCUT2D eigenvalue weighted by molar-refractivity contribution is -0.125. The van der Waals surface area contributed by atoms with Gasteiger partial charge in [0.15, 0.2) is 5.82 Å². The molecule has 0 saturated heterocycles. The number of nitrogens with one attached hydrogen (secondary N) is 1. The van der Waals surface area contributed by atoms with Crippen molar-refractivity contribution in [1.82, 2.24) is 24.7 Å². The molecule has 1 aliphatic carbocycles. The first-order valence-electron chi connectivity index (χ1n) is 8.71. The van der Waals surface area contributed by atoms with Gasteiger partial charge in [-0.25, -0.2) is 9.20 Å². The van der Waals surface area contributed by atoms with Gasteiger partial charge in [-0.05, 0) is 32.3 Å². The predicted molar refractivity (Wildman–Crippen MR) is 92.5 cm³/mol. The van der Waals surface area contributed by atoms with Crippen LogP contribution in [0.5, 0.6) is 0 Å². The van der Waals surface area contributed by atoms with E-state index in [1.165, 1.54) is 4.68 Å². The Morgan fingerprint density at radius 2 is 2.12 bits per heavy atom. The quantitative estimate of drug-likeness (QED) is 0.825. The van der Waals surface area contributed by atoms with E-state index in [1.807, 2.05) is 20.8 Å². The second kappa shape index (κ2) is 6.25. The van der Waals surface area contributed by atoms with Crippen molar-refractivity contribution >= 4 is 11.4 Å². The van der Waals surface area contributed by atoms with Crippen LogP contribution in [-0.2, 0) is 17.8 Å². The lowest BCUT2D eigenvalue weighted by atomic mass is 9.77. The zero-order valence-corrected chi connectivity index (χ0v) is 15.1. The highest BCUT2D eigenvalue weighted by Gasteiger charge is 2.39.